The third kappa shape index (κ3) is 4.61. The van der Waals surface area contributed by atoms with Crippen LogP contribution in [0.5, 0.6) is 0 Å². The van der Waals surface area contributed by atoms with Crippen molar-refractivity contribution < 1.29 is 18.3 Å². The Morgan fingerprint density at radius 2 is 2.13 bits per heavy atom. The van der Waals surface area contributed by atoms with Crippen LogP contribution in [0.3, 0.4) is 0 Å². The highest BCUT2D eigenvalue weighted by molar-refractivity contribution is 7.91. The molecule has 88 valence electrons. The van der Waals surface area contributed by atoms with Crippen LogP contribution in [-0.4, -0.2) is 43.6 Å². The van der Waals surface area contributed by atoms with Gasteiger partial charge in [-0.3, -0.25) is 4.79 Å². The van der Waals surface area contributed by atoms with E-state index in [1.165, 1.54) is 0 Å². The Morgan fingerprint density at radius 3 is 2.67 bits per heavy atom. The quantitative estimate of drug-likeness (QED) is 0.626. The molecule has 0 radical (unpaired) electrons. The number of amides is 1. The van der Waals surface area contributed by atoms with Gasteiger partial charge in [-0.25, -0.2) is 8.42 Å². The molecule has 2 N–H and O–H groups in total. The number of carbonyl (C=O) groups is 1. The summed E-state index contributed by atoms with van der Waals surface area (Å²) < 4.78 is 22.2. The third-order valence-electron chi connectivity index (χ3n) is 2.41. The fourth-order valence-electron chi connectivity index (χ4n) is 1.61. The fraction of sp³-hybridized carbons (Fsp3) is 0.889. The summed E-state index contributed by atoms with van der Waals surface area (Å²) in [4.78, 5) is 11.3. The van der Waals surface area contributed by atoms with Gasteiger partial charge in [0.2, 0.25) is 5.91 Å². The van der Waals surface area contributed by atoms with E-state index in [0.717, 1.165) is 0 Å². The Hall–Kier alpha value is -0.620. The molecule has 1 amide bonds. The number of aliphatic hydroxyl groups is 1. The molecule has 0 saturated carbocycles. The van der Waals surface area contributed by atoms with Gasteiger partial charge >= 0.3 is 0 Å². The van der Waals surface area contributed by atoms with Gasteiger partial charge in [0.25, 0.3) is 0 Å². The number of hydrogen-bond acceptors (Lipinski definition) is 4. The highest BCUT2D eigenvalue weighted by Gasteiger charge is 2.28. The second-order valence-electron chi connectivity index (χ2n) is 3.85. The molecule has 0 spiro atoms. The maximum Gasteiger partial charge on any atom is 0.220 e. The molecule has 0 aromatic rings. The zero-order chi connectivity index (χ0) is 11.3. The van der Waals surface area contributed by atoms with Gasteiger partial charge in [-0.15, -0.1) is 0 Å². The SMILES string of the molecule is O=C(CCCCO)NC1CCS(=O)(=O)C1. The van der Waals surface area contributed by atoms with Gasteiger partial charge in [-0.1, -0.05) is 0 Å². The molecule has 1 fully saturated rings. The maximum absolute atomic E-state index is 11.3. The number of nitrogens with one attached hydrogen (secondary N) is 1. The predicted molar refractivity (Wildman–Crippen MR) is 56.1 cm³/mol. The van der Waals surface area contributed by atoms with Crippen LogP contribution in [-0.2, 0) is 14.6 Å². The number of unbranched alkanes of at least 4 members (excludes halogenated alkanes) is 1. The highest BCUT2D eigenvalue weighted by Crippen LogP contribution is 2.11. The zero-order valence-electron chi connectivity index (χ0n) is 8.61. The van der Waals surface area contributed by atoms with Gasteiger partial charge in [0.1, 0.15) is 0 Å². The lowest BCUT2D eigenvalue weighted by atomic mass is 10.2. The molecule has 15 heavy (non-hydrogen) atoms. The molecule has 5 nitrogen and oxygen atoms in total. The molecule has 0 aliphatic carbocycles. The van der Waals surface area contributed by atoms with Crippen molar-refractivity contribution >= 4 is 15.7 Å². The lowest BCUT2D eigenvalue weighted by Gasteiger charge is -2.10. The van der Waals surface area contributed by atoms with E-state index in [1.807, 2.05) is 0 Å². The Kier molecular flexibility index (Phi) is 4.53. The van der Waals surface area contributed by atoms with Crippen molar-refractivity contribution in [2.45, 2.75) is 31.7 Å². The standard InChI is InChI=1S/C9H17NO4S/c11-5-2-1-3-9(12)10-8-4-6-15(13,14)7-8/h8,11H,1-7H2,(H,10,12). The van der Waals surface area contributed by atoms with Crippen LogP contribution in [0.4, 0.5) is 0 Å². The first-order valence-corrected chi connectivity index (χ1v) is 6.96. The van der Waals surface area contributed by atoms with Gasteiger partial charge in [-0.2, -0.15) is 0 Å². The van der Waals surface area contributed by atoms with Gasteiger partial charge in [0.05, 0.1) is 11.5 Å². The minimum atomic E-state index is -2.92. The summed E-state index contributed by atoms with van der Waals surface area (Å²) in [6, 6.07) is -0.211. The van der Waals surface area contributed by atoms with Crippen molar-refractivity contribution in [2.24, 2.45) is 0 Å². The van der Waals surface area contributed by atoms with E-state index < -0.39 is 9.84 Å². The second-order valence-corrected chi connectivity index (χ2v) is 6.08. The molecule has 1 atom stereocenters. The molecule has 1 aliphatic heterocycles. The summed E-state index contributed by atoms with van der Waals surface area (Å²) in [6.45, 7) is 0.0884. The van der Waals surface area contributed by atoms with Gasteiger partial charge < -0.3 is 10.4 Å². The Bertz CT molecular complexity index is 312. The Labute approximate surface area is 89.8 Å². The average Bonchev–Trinajstić information content (AvgIpc) is 2.46. The molecule has 1 rings (SSSR count). The number of sulfone groups is 1. The van der Waals surface area contributed by atoms with Crippen molar-refractivity contribution in [2.75, 3.05) is 18.1 Å². The smallest absolute Gasteiger partial charge is 0.220 e. The van der Waals surface area contributed by atoms with Crippen molar-refractivity contribution in [3.05, 3.63) is 0 Å². The third-order valence-corrected chi connectivity index (χ3v) is 4.18. The largest absolute Gasteiger partial charge is 0.396 e. The highest BCUT2D eigenvalue weighted by atomic mass is 32.2. The van der Waals surface area contributed by atoms with Crippen LogP contribution in [0, 0.1) is 0 Å². The average molecular weight is 235 g/mol. The van der Waals surface area contributed by atoms with Crippen LogP contribution in [0.2, 0.25) is 0 Å². The molecule has 0 aromatic heterocycles. The van der Waals surface area contributed by atoms with Crippen LogP contribution >= 0.6 is 0 Å². The molecule has 1 heterocycles. The molecule has 1 unspecified atom stereocenters. The summed E-state index contributed by atoms with van der Waals surface area (Å²) in [5, 5.41) is 11.2. The van der Waals surface area contributed by atoms with Crippen molar-refractivity contribution in [3.8, 4) is 0 Å². The van der Waals surface area contributed by atoms with Gasteiger partial charge in [0.15, 0.2) is 9.84 Å². The van der Waals surface area contributed by atoms with Crippen molar-refractivity contribution in [1.82, 2.24) is 5.32 Å². The first kappa shape index (κ1) is 12.4. The topological polar surface area (TPSA) is 83.5 Å². The summed E-state index contributed by atoms with van der Waals surface area (Å²) in [6.07, 6.45) is 2.13. The molecule has 0 aromatic carbocycles. The van der Waals surface area contributed by atoms with E-state index >= 15 is 0 Å². The minimum Gasteiger partial charge on any atom is -0.396 e. The maximum atomic E-state index is 11.3. The van der Waals surface area contributed by atoms with E-state index in [9.17, 15) is 13.2 Å². The fourth-order valence-corrected chi connectivity index (χ4v) is 3.28. The summed E-state index contributed by atoms with van der Waals surface area (Å²) in [7, 11) is -2.92. The molecule has 6 heteroatoms. The van der Waals surface area contributed by atoms with Crippen LogP contribution in [0.25, 0.3) is 0 Å². The first-order chi connectivity index (χ1) is 7.03. The van der Waals surface area contributed by atoms with Crippen molar-refractivity contribution in [3.63, 3.8) is 0 Å². The van der Waals surface area contributed by atoms with Gasteiger partial charge in [0, 0.05) is 19.1 Å². The van der Waals surface area contributed by atoms with Gasteiger partial charge in [-0.05, 0) is 19.3 Å². The summed E-state index contributed by atoms with van der Waals surface area (Å²) in [5.74, 6) is 0.124. The molecule has 0 bridgehead atoms. The molecule has 1 aliphatic rings. The monoisotopic (exact) mass is 235 g/mol. The van der Waals surface area contributed by atoms with Crippen LogP contribution in [0.1, 0.15) is 25.7 Å². The van der Waals surface area contributed by atoms with E-state index in [1.54, 1.807) is 0 Å². The number of carbonyl (C=O) groups excluding carboxylic acids is 1. The van der Waals surface area contributed by atoms with E-state index in [-0.39, 0.29) is 30.1 Å². The van der Waals surface area contributed by atoms with Crippen molar-refractivity contribution in [1.29, 1.82) is 0 Å². The lowest BCUT2D eigenvalue weighted by molar-refractivity contribution is -0.121. The van der Waals surface area contributed by atoms with E-state index in [2.05, 4.69) is 5.32 Å². The summed E-state index contributed by atoms with van der Waals surface area (Å²) in [5.41, 5.74) is 0. The number of rotatable bonds is 5. The number of aliphatic hydroxyl groups excluding tert-OH is 1. The number of hydrogen-bond donors (Lipinski definition) is 2. The van der Waals surface area contributed by atoms with E-state index in [0.29, 0.717) is 25.7 Å². The van der Waals surface area contributed by atoms with E-state index in [4.69, 9.17) is 5.11 Å². The molecular weight excluding hydrogens is 218 g/mol. The minimum absolute atomic E-state index is 0.0682. The van der Waals surface area contributed by atoms with Crippen LogP contribution in [0.15, 0.2) is 0 Å². The Morgan fingerprint density at radius 1 is 1.40 bits per heavy atom. The molecule has 1 saturated heterocycles. The second kappa shape index (κ2) is 5.46. The zero-order valence-corrected chi connectivity index (χ0v) is 9.42. The summed E-state index contributed by atoms with van der Waals surface area (Å²) >= 11 is 0. The lowest BCUT2D eigenvalue weighted by Crippen LogP contribution is -2.35. The normalized spacial score (nSPS) is 23.9. The first-order valence-electron chi connectivity index (χ1n) is 5.14. The van der Waals surface area contributed by atoms with Crippen LogP contribution < -0.4 is 5.32 Å². The predicted octanol–water partition coefficient (Wildman–Crippen LogP) is -0.548. The Balaban J connectivity index is 2.22. The molecular formula is C9H17NO4S.